The molecule has 114 valence electrons. The second kappa shape index (κ2) is 6.47. The third kappa shape index (κ3) is 3.45. The first-order valence-electron chi connectivity index (χ1n) is 6.97. The zero-order valence-electron chi connectivity index (χ0n) is 12.2. The minimum absolute atomic E-state index is 0.196. The minimum atomic E-state index is -0.945. The molecule has 1 aromatic carbocycles. The summed E-state index contributed by atoms with van der Waals surface area (Å²) in [5.74, 6) is -0.192. The van der Waals surface area contributed by atoms with Gasteiger partial charge in [0, 0.05) is 6.54 Å². The van der Waals surface area contributed by atoms with Crippen molar-refractivity contribution in [3.63, 3.8) is 0 Å². The summed E-state index contributed by atoms with van der Waals surface area (Å²) >= 11 is 0. The molecule has 0 spiro atoms. The van der Waals surface area contributed by atoms with Crippen molar-refractivity contribution in [2.24, 2.45) is 0 Å². The van der Waals surface area contributed by atoms with Crippen LogP contribution in [0.1, 0.15) is 31.4 Å². The van der Waals surface area contributed by atoms with E-state index in [0.717, 1.165) is 17.7 Å². The van der Waals surface area contributed by atoms with Crippen molar-refractivity contribution in [2.75, 3.05) is 13.7 Å². The lowest BCUT2D eigenvalue weighted by molar-refractivity contribution is -0.141. The monoisotopic (exact) mass is 292 g/mol. The molecule has 1 saturated heterocycles. The number of hydrogen-bond donors (Lipinski definition) is 2. The fourth-order valence-electron chi connectivity index (χ4n) is 2.51. The van der Waals surface area contributed by atoms with Gasteiger partial charge >= 0.3 is 12.0 Å². The maximum atomic E-state index is 12.2. The molecule has 2 amide bonds. The van der Waals surface area contributed by atoms with Gasteiger partial charge in [0.05, 0.1) is 13.2 Å². The summed E-state index contributed by atoms with van der Waals surface area (Å²) in [5.41, 5.74) is 0.940. The van der Waals surface area contributed by atoms with E-state index in [-0.39, 0.29) is 12.1 Å². The number of benzene rings is 1. The van der Waals surface area contributed by atoms with Crippen LogP contribution in [0, 0.1) is 0 Å². The predicted molar refractivity (Wildman–Crippen MR) is 77.3 cm³/mol. The Morgan fingerprint density at radius 3 is 2.62 bits per heavy atom. The summed E-state index contributed by atoms with van der Waals surface area (Å²) in [5, 5.41) is 11.9. The molecule has 6 heteroatoms. The average Bonchev–Trinajstić information content (AvgIpc) is 2.97. The van der Waals surface area contributed by atoms with E-state index in [4.69, 9.17) is 9.84 Å². The first kappa shape index (κ1) is 15.2. The van der Waals surface area contributed by atoms with E-state index in [1.807, 2.05) is 31.2 Å². The van der Waals surface area contributed by atoms with Gasteiger partial charge in [0.2, 0.25) is 0 Å². The van der Waals surface area contributed by atoms with Crippen LogP contribution in [0.2, 0.25) is 0 Å². The number of amides is 2. The van der Waals surface area contributed by atoms with Crippen molar-refractivity contribution in [3.05, 3.63) is 29.8 Å². The highest BCUT2D eigenvalue weighted by molar-refractivity contribution is 5.83. The molecular formula is C15H20N2O4. The third-order valence-electron chi connectivity index (χ3n) is 3.75. The number of nitrogens with one attached hydrogen (secondary N) is 1. The molecule has 2 atom stereocenters. The maximum absolute atomic E-state index is 12.2. The van der Waals surface area contributed by atoms with Gasteiger partial charge in [-0.1, -0.05) is 12.1 Å². The van der Waals surface area contributed by atoms with Crippen molar-refractivity contribution in [3.8, 4) is 5.75 Å². The number of carbonyl (C=O) groups excluding carboxylic acids is 1. The molecule has 0 saturated carbocycles. The average molecular weight is 292 g/mol. The third-order valence-corrected chi connectivity index (χ3v) is 3.75. The summed E-state index contributed by atoms with van der Waals surface area (Å²) in [7, 11) is 1.60. The Hall–Kier alpha value is -2.24. The van der Waals surface area contributed by atoms with Gasteiger partial charge in [0.1, 0.15) is 11.8 Å². The van der Waals surface area contributed by atoms with Gasteiger partial charge < -0.3 is 20.1 Å². The number of aliphatic carboxylic acids is 1. The highest BCUT2D eigenvalue weighted by atomic mass is 16.5. The summed E-state index contributed by atoms with van der Waals surface area (Å²) in [6.45, 7) is 2.35. The van der Waals surface area contributed by atoms with E-state index < -0.39 is 12.0 Å². The summed E-state index contributed by atoms with van der Waals surface area (Å²) in [6.07, 6.45) is 1.24. The SMILES string of the molecule is COc1ccc(C(C)NC(=O)N2CCCC2C(=O)O)cc1. The van der Waals surface area contributed by atoms with Crippen molar-refractivity contribution >= 4 is 12.0 Å². The quantitative estimate of drug-likeness (QED) is 0.890. The lowest BCUT2D eigenvalue weighted by Crippen LogP contribution is -2.46. The second-order valence-corrected chi connectivity index (χ2v) is 5.13. The molecule has 2 rings (SSSR count). The predicted octanol–water partition coefficient (Wildman–Crippen LogP) is 2.01. The number of carboxylic acid groups (broad SMARTS) is 1. The Balaban J connectivity index is 1.99. The largest absolute Gasteiger partial charge is 0.497 e. The van der Waals surface area contributed by atoms with E-state index in [1.165, 1.54) is 4.90 Å². The van der Waals surface area contributed by atoms with Crippen LogP contribution >= 0.6 is 0 Å². The van der Waals surface area contributed by atoms with Crippen LogP contribution in [0.3, 0.4) is 0 Å². The Morgan fingerprint density at radius 2 is 2.05 bits per heavy atom. The number of urea groups is 1. The molecule has 0 aromatic heterocycles. The van der Waals surface area contributed by atoms with Crippen LogP contribution in [0.4, 0.5) is 4.79 Å². The lowest BCUT2D eigenvalue weighted by atomic mass is 10.1. The molecule has 6 nitrogen and oxygen atoms in total. The molecule has 1 aromatic rings. The van der Waals surface area contributed by atoms with Crippen LogP contribution in [0.25, 0.3) is 0 Å². The van der Waals surface area contributed by atoms with Crippen LogP contribution < -0.4 is 10.1 Å². The standard InChI is InChI=1S/C15H20N2O4/c1-10(11-5-7-12(21-2)8-6-11)16-15(20)17-9-3-4-13(17)14(18)19/h5-8,10,13H,3-4,9H2,1-2H3,(H,16,20)(H,18,19). The number of likely N-dealkylation sites (tertiary alicyclic amines) is 1. The number of hydrogen-bond acceptors (Lipinski definition) is 3. The molecule has 2 unspecified atom stereocenters. The molecule has 1 fully saturated rings. The van der Waals surface area contributed by atoms with Crippen molar-refractivity contribution in [2.45, 2.75) is 31.8 Å². The van der Waals surface area contributed by atoms with Gasteiger partial charge in [-0.25, -0.2) is 9.59 Å². The van der Waals surface area contributed by atoms with E-state index >= 15 is 0 Å². The zero-order valence-corrected chi connectivity index (χ0v) is 12.2. The fraction of sp³-hybridized carbons (Fsp3) is 0.467. The summed E-state index contributed by atoms with van der Waals surface area (Å²) < 4.78 is 5.09. The lowest BCUT2D eigenvalue weighted by Gasteiger charge is -2.24. The highest BCUT2D eigenvalue weighted by Crippen LogP contribution is 2.20. The van der Waals surface area contributed by atoms with Crippen molar-refractivity contribution in [1.29, 1.82) is 0 Å². The van der Waals surface area contributed by atoms with Crippen LogP contribution in [-0.2, 0) is 4.79 Å². The van der Waals surface area contributed by atoms with Crippen molar-refractivity contribution < 1.29 is 19.4 Å². The van der Waals surface area contributed by atoms with Gasteiger partial charge in [-0.05, 0) is 37.5 Å². The minimum Gasteiger partial charge on any atom is -0.497 e. The maximum Gasteiger partial charge on any atom is 0.326 e. The molecule has 1 aliphatic rings. The highest BCUT2D eigenvalue weighted by Gasteiger charge is 2.34. The fourth-order valence-corrected chi connectivity index (χ4v) is 2.51. The number of methoxy groups -OCH3 is 1. The molecule has 0 aliphatic carbocycles. The Kier molecular flexibility index (Phi) is 4.67. The first-order chi connectivity index (χ1) is 10.0. The van der Waals surface area contributed by atoms with Gasteiger partial charge in [0.15, 0.2) is 0 Å². The number of rotatable bonds is 4. The zero-order chi connectivity index (χ0) is 15.4. The smallest absolute Gasteiger partial charge is 0.326 e. The Morgan fingerprint density at radius 1 is 1.38 bits per heavy atom. The summed E-state index contributed by atoms with van der Waals surface area (Å²) in [6, 6.07) is 6.17. The van der Waals surface area contributed by atoms with E-state index in [0.29, 0.717) is 13.0 Å². The van der Waals surface area contributed by atoms with Crippen LogP contribution in [-0.4, -0.2) is 41.7 Å². The normalized spacial score (nSPS) is 19.1. The van der Waals surface area contributed by atoms with Gasteiger partial charge in [-0.3, -0.25) is 0 Å². The van der Waals surface area contributed by atoms with Crippen molar-refractivity contribution in [1.82, 2.24) is 10.2 Å². The van der Waals surface area contributed by atoms with Gasteiger partial charge in [0.25, 0.3) is 0 Å². The summed E-state index contributed by atoms with van der Waals surface area (Å²) in [4.78, 5) is 24.7. The molecule has 1 heterocycles. The van der Waals surface area contributed by atoms with Crippen LogP contribution in [0.15, 0.2) is 24.3 Å². The number of carboxylic acids is 1. The van der Waals surface area contributed by atoms with Crippen LogP contribution in [0.5, 0.6) is 5.75 Å². The second-order valence-electron chi connectivity index (χ2n) is 5.13. The topological polar surface area (TPSA) is 78.9 Å². The number of ether oxygens (including phenoxy) is 1. The number of nitrogens with zero attached hydrogens (tertiary/aromatic N) is 1. The molecule has 0 radical (unpaired) electrons. The van der Waals surface area contributed by atoms with E-state index in [9.17, 15) is 9.59 Å². The molecular weight excluding hydrogens is 272 g/mol. The van der Waals surface area contributed by atoms with Gasteiger partial charge in [-0.15, -0.1) is 0 Å². The molecule has 0 bridgehead atoms. The molecule has 2 N–H and O–H groups in total. The van der Waals surface area contributed by atoms with Gasteiger partial charge in [-0.2, -0.15) is 0 Å². The Labute approximate surface area is 123 Å². The van der Waals surface area contributed by atoms with E-state index in [1.54, 1.807) is 7.11 Å². The van der Waals surface area contributed by atoms with E-state index in [2.05, 4.69) is 5.32 Å². The first-order valence-corrected chi connectivity index (χ1v) is 6.97. The molecule has 1 aliphatic heterocycles. The Bertz CT molecular complexity index is 515. The molecule has 21 heavy (non-hydrogen) atoms. The number of carbonyl (C=O) groups is 2.